The third-order valence-corrected chi connectivity index (χ3v) is 11.3. The monoisotopic (exact) mass is 855 g/mol. The summed E-state index contributed by atoms with van der Waals surface area (Å²) >= 11 is 0. The van der Waals surface area contributed by atoms with Crippen LogP contribution in [0.5, 0.6) is 0 Å². The van der Waals surface area contributed by atoms with Crippen LogP contribution >= 0.6 is 0 Å². The van der Waals surface area contributed by atoms with E-state index in [9.17, 15) is 14.4 Å². The van der Waals surface area contributed by atoms with Crippen molar-refractivity contribution in [1.82, 2.24) is 0 Å². The first-order valence-corrected chi connectivity index (χ1v) is 26.2. The number of ether oxygens (including phenoxy) is 3. The number of hydrogen-bond donors (Lipinski definition) is 0. The lowest BCUT2D eigenvalue weighted by molar-refractivity contribution is -0.167. The van der Waals surface area contributed by atoms with E-state index in [-0.39, 0.29) is 31.1 Å². The van der Waals surface area contributed by atoms with Crippen molar-refractivity contribution < 1.29 is 28.6 Å². The normalized spacial score (nSPS) is 12.4. The van der Waals surface area contributed by atoms with E-state index in [0.29, 0.717) is 19.3 Å². The van der Waals surface area contributed by atoms with Crippen LogP contribution in [0.25, 0.3) is 0 Å². The van der Waals surface area contributed by atoms with E-state index in [1.165, 1.54) is 135 Å². The number of esters is 3. The van der Waals surface area contributed by atoms with Crippen LogP contribution in [0.1, 0.15) is 265 Å². The first kappa shape index (κ1) is 58.4. The molecule has 0 spiro atoms. The Morgan fingerprint density at radius 2 is 0.607 bits per heavy atom. The van der Waals surface area contributed by atoms with Gasteiger partial charge in [0.05, 0.1) is 0 Å². The van der Waals surface area contributed by atoms with Crippen molar-refractivity contribution in [2.45, 2.75) is 271 Å². The van der Waals surface area contributed by atoms with Gasteiger partial charge in [-0.2, -0.15) is 0 Å². The topological polar surface area (TPSA) is 78.9 Å². The Hall–Kier alpha value is -2.63. The number of unbranched alkanes of at least 4 members (excludes halogenated alkanes) is 29. The molecule has 6 nitrogen and oxygen atoms in total. The molecule has 0 aliphatic heterocycles. The van der Waals surface area contributed by atoms with E-state index in [1.54, 1.807) is 0 Å². The molecule has 0 aliphatic carbocycles. The number of carbonyl (C=O) groups is 3. The first-order valence-electron chi connectivity index (χ1n) is 26.2. The van der Waals surface area contributed by atoms with Gasteiger partial charge in [-0.05, 0) is 89.9 Å². The second-order valence-electron chi connectivity index (χ2n) is 17.5. The van der Waals surface area contributed by atoms with Gasteiger partial charge in [0.2, 0.25) is 0 Å². The lowest BCUT2D eigenvalue weighted by Crippen LogP contribution is -2.30. The van der Waals surface area contributed by atoms with Crippen molar-refractivity contribution in [2.75, 3.05) is 13.2 Å². The molecule has 0 radical (unpaired) electrons. The van der Waals surface area contributed by atoms with Crippen LogP contribution in [0.15, 0.2) is 48.6 Å². The average molecular weight is 855 g/mol. The molecule has 0 saturated carbocycles. The Bertz CT molecular complexity index is 1070. The van der Waals surface area contributed by atoms with Crippen LogP contribution in [0.4, 0.5) is 0 Å². The largest absolute Gasteiger partial charge is 0.462 e. The van der Waals surface area contributed by atoms with Crippen molar-refractivity contribution in [3.8, 4) is 0 Å². The molecule has 0 aromatic heterocycles. The molecule has 0 fully saturated rings. The van der Waals surface area contributed by atoms with E-state index >= 15 is 0 Å². The van der Waals surface area contributed by atoms with Gasteiger partial charge < -0.3 is 14.2 Å². The summed E-state index contributed by atoms with van der Waals surface area (Å²) in [6.07, 6.45) is 59.6. The van der Waals surface area contributed by atoms with Gasteiger partial charge >= 0.3 is 17.9 Å². The van der Waals surface area contributed by atoms with E-state index in [1.807, 2.05) is 0 Å². The molecule has 61 heavy (non-hydrogen) atoms. The standard InChI is InChI=1S/C55H98O6/c1-4-7-10-13-16-19-22-24-26-28-30-31-33-36-39-42-45-48-54(57)60-51-52(50-59-53(56)47-44-41-38-35-21-18-15-12-9-6-3)61-55(58)49-46-43-40-37-34-32-29-27-25-23-20-17-14-11-8-5-2/h15,18,24,26-27,29,32,34,52H,4-14,16-17,19-23,25,28,30-31,33,35-51H2,1-3H3/b18-15-,26-24-,29-27-,34-32-. The summed E-state index contributed by atoms with van der Waals surface area (Å²) < 4.78 is 16.7. The highest BCUT2D eigenvalue weighted by atomic mass is 16.6. The van der Waals surface area contributed by atoms with Gasteiger partial charge in [0.1, 0.15) is 13.2 Å². The molecule has 0 aliphatic rings. The van der Waals surface area contributed by atoms with Crippen LogP contribution < -0.4 is 0 Å². The summed E-state index contributed by atoms with van der Waals surface area (Å²) in [4.78, 5) is 37.9. The fourth-order valence-corrected chi connectivity index (χ4v) is 7.29. The SMILES string of the molecule is CCCC/C=C\CCCCCCC(=O)OCC(COC(=O)CCCCCCCCC/C=C\CCCCCCCC)OC(=O)CCCCC/C=C\C=C/CCCCCCCCC. The fraction of sp³-hybridized carbons (Fsp3) is 0.800. The average Bonchev–Trinajstić information content (AvgIpc) is 3.26. The first-order chi connectivity index (χ1) is 30.0. The maximum absolute atomic E-state index is 12.8. The van der Waals surface area contributed by atoms with Gasteiger partial charge in [-0.1, -0.05) is 204 Å². The summed E-state index contributed by atoms with van der Waals surface area (Å²) in [6, 6.07) is 0. The van der Waals surface area contributed by atoms with Crippen molar-refractivity contribution in [3.05, 3.63) is 48.6 Å². The zero-order chi connectivity index (χ0) is 44.4. The summed E-state index contributed by atoms with van der Waals surface area (Å²) in [7, 11) is 0. The van der Waals surface area contributed by atoms with Crippen LogP contribution in [-0.4, -0.2) is 37.2 Å². The summed E-state index contributed by atoms with van der Waals surface area (Å²) in [5.74, 6) is -0.928. The number of carbonyl (C=O) groups excluding carboxylic acids is 3. The zero-order valence-corrected chi connectivity index (χ0v) is 40.4. The maximum Gasteiger partial charge on any atom is 0.306 e. The number of allylic oxidation sites excluding steroid dienone is 8. The smallest absolute Gasteiger partial charge is 0.306 e. The predicted octanol–water partition coefficient (Wildman–Crippen LogP) is 17.1. The summed E-state index contributed by atoms with van der Waals surface area (Å²) in [5, 5.41) is 0. The second-order valence-corrected chi connectivity index (χ2v) is 17.5. The van der Waals surface area contributed by atoms with Gasteiger partial charge in [-0.25, -0.2) is 0 Å². The second kappa shape index (κ2) is 50.0. The van der Waals surface area contributed by atoms with Crippen LogP contribution in [0, 0.1) is 0 Å². The molecule has 1 unspecified atom stereocenters. The fourth-order valence-electron chi connectivity index (χ4n) is 7.29. The molecule has 0 bridgehead atoms. The molecule has 0 rings (SSSR count). The van der Waals surface area contributed by atoms with Gasteiger partial charge in [0, 0.05) is 19.3 Å². The lowest BCUT2D eigenvalue weighted by atomic mass is 10.1. The van der Waals surface area contributed by atoms with E-state index in [0.717, 1.165) is 89.9 Å². The highest BCUT2D eigenvalue weighted by Gasteiger charge is 2.19. The van der Waals surface area contributed by atoms with E-state index < -0.39 is 6.10 Å². The summed E-state index contributed by atoms with van der Waals surface area (Å²) in [6.45, 7) is 6.56. The molecular weight excluding hydrogens is 757 g/mol. The molecule has 6 heteroatoms. The third-order valence-electron chi connectivity index (χ3n) is 11.3. The van der Waals surface area contributed by atoms with Gasteiger partial charge in [-0.3, -0.25) is 14.4 Å². The lowest BCUT2D eigenvalue weighted by Gasteiger charge is -2.18. The molecule has 0 N–H and O–H groups in total. The zero-order valence-electron chi connectivity index (χ0n) is 40.4. The minimum atomic E-state index is -0.791. The van der Waals surface area contributed by atoms with Crippen molar-refractivity contribution in [1.29, 1.82) is 0 Å². The quantitative estimate of drug-likeness (QED) is 0.0199. The van der Waals surface area contributed by atoms with Crippen LogP contribution in [-0.2, 0) is 28.6 Å². The van der Waals surface area contributed by atoms with Crippen molar-refractivity contribution >= 4 is 17.9 Å². The van der Waals surface area contributed by atoms with E-state index in [2.05, 4.69) is 69.4 Å². The predicted molar refractivity (Wildman–Crippen MR) is 261 cm³/mol. The number of hydrogen-bond acceptors (Lipinski definition) is 6. The van der Waals surface area contributed by atoms with Crippen LogP contribution in [0.3, 0.4) is 0 Å². The molecule has 0 saturated heterocycles. The Balaban J connectivity index is 4.38. The molecule has 0 aromatic carbocycles. The minimum absolute atomic E-state index is 0.0890. The summed E-state index contributed by atoms with van der Waals surface area (Å²) in [5.41, 5.74) is 0. The van der Waals surface area contributed by atoms with Gasteiger partial charge in [-0.15, -0.1) is 0 Å². The molecule has 354 valence electrons. The molecular formula is C55H98O6. The highest BCUT2D eigenvalue weighted by molar-refractivity contribution is 5.71. The van der Waals surface area contributed by atoms with Crippen molar-refractivity contribution in [3.63, 3.8) is 0 Å². The Morgan fingerprint density at radius 3 is 0.984 bits per heavy atom. The third kappa shape index (κ3) is 48.3. The maximum atomic E-state index is 12.8. The molecule has 0 aromatic rings. The Kier molecular flexibility index (Phi) is 47.9. The van der Waals surface area contributed by atoms with Crippen molar-refractivity contribution in [2.24, 2.45) is 0 Å². The molecule has 0 amide bonds. The van der Waals surface area contributed by atoms with Gasteiger partial charge in [0.25, 0.3) is 0 Å². The van der Waals surface area contributed by atoms with E-state index in [4.69, 9.17) is 14.2 Å². The Morgan fingerprint density at radius 1 is 0.328 bits per heavy atom. The minimum Gasteiger partial charge on any atom is -0.462 e. The molecule has 0 heterocycles. The van der Waals surface area contributed by atoms with Crippen LogP contribution in [0.2, 0.25) is 0 Å². The highest BCUT2D eigenvalue weighted by Crippen LogP contribution is 2.14. The Labute approximate surface area is 378 Å². The number of rotatable bonds is 47. The van der Waals surface area contributed by atoms with Gasteiger partial charge in [0.15, 0.2) is 6.10 Å². The molecule has 1 atom stereocenters.